The van der Waals surface area contributed by atoms with Crippen LogP contribution in [0.3, 0.4) is 0 Å². The molecule has 2 aromatic rings. The van der Waals surface area contributed by atoms with Gasteiger partial charge in [0.25, 0.3) is 0 Å². The van der Waals surface area contributed by atoms with Gasteiger partial charge in [-0.2, -0.15) is 0 Å². The molecule has 0 aliphatic rings. The van der Waals surface area contributed by atoms with Crippen LogP contribution in [-0.2, 0) is 0 Å². The lowest BCUT2D eigenvalue weighted by Crippen LogP contribution is -2.11. The zero-order chi connectivity index (χ0) is 14.0. The minimum absolute atomic E-state index is 0.0343. The van der Waals surface area contributed by atoms with Gasteiger partial charge in [-0.05, 0) is 30.3 Å². The first-order chi connectivity index (χ1) is 8.99. The number of para-hydroxylation sites is 1. The maximum Gasteiger partial charge on any atom is 0.148 e. The molecular weight excluding hydrogens is 290 g/mol. The van der Waals surface area contributed by atoms with E-state index in [0.717, 1.165) is 0 Å². The SMILES string of the molecule is NC(=S)c1ccc(Nc2c(F)cccc2Cl)cc1F. The molecule has 0 fully saturated rings. The summed E-state index contributed by atoms with van der Waals surface area (Å²) >= 11 is 10.6. The monoisotopic (exact) mass is 298 g/mol. The molecule has 2 nitrogen and oxygen atoms in total. The maximum atomic E-state index is 13.7. The summed E-state index contributed by atoms with van der Waals surface area (Å²) in [5.74, 6) is -1.10. The van der Waals surface area contributed by atoms with Crippen LogP contribution < -0.4 is 11.1 Å². The topological polar surface area (TPSA) is 38.0 Å². The molecule has 6 heteroatoms. The molecule has 0 aromatic heterocycles. The number of nitrogens with two attached hydrogens (primary N) is 1. The normalized spacial score (nSPS) is 10.3. The third kappa shape index (κ3) is 3.00. The largest absolute Gasteiger partial charge is 0.389 e. The lowest BCUT2D eigenvalue weighted by molar-refractivity contribution is 0.625. The Morgan fingerprint density at radius 3 is 2.47 bits per heavy atom. The molecule has 0 amide bonds. The minimum Gasteiger partial charge on any atom is -0.389 e. The first kappa shape index (κ1) is 13.7. The molecule has 98 valence electrons. The van der Waals surface area contributed by atoms with Crippen LogP contribution in [-0.4, -0.2) is 4.99 Å². The lowest BCUT2D eigenvalue weighted by atomic mass is 10.2. The highest BCUT2D eigenvalue weighted by atomic mass is 35.5. The fraction of sp³-hybridized carbons (Fsp3) is 0. The molecule has 0 aliphatic carbocycles. The molecule has 0 heterocycles. The summed E-state index contributed by atoms with van der Waals surface area (Å²) < 4.78 is 27.2. The number of nitrogens with one attached hydrogen (secondary N) is 1. The molecule has 0 spiro atoms. The van der Waals surface area contributed by atoms with Gasteiger partial charge in [0, 0.05) is 11.3 Å². The summed E-state index contributed by atoms with van der Waals surface area (Å²) in [6.07, 6.45) is 0. The van der Waals surface area contributed by atoms with E-state index in [2.05, 4.69) is 5.32 Å². The van der Waals surface area contributed by atoms with Gasteiger partial charge >= 0.3 is 0 Å². The van der Waals surface area contributed by atoms with Crippen LogP contribution in [0.2, 0.25) is 5.02 Å². The van der Waals surface area contributed by atoms with Crippen LogP contribution in [0.4, 0.5) is 20.2 Å². The van der Waals surface area contributed by atoms with E-state index < -0.39 is 11.6 Å². The molecule has 0 unspecified atom stereocenters. The van der Waals surface area contributed by atoms with Crippen molar-refractivity contribution in [2.75, 3.05) is 5.32 Å². The number of rotatable bonds is 3. The molecule has 0 saturated heterocycles. The van der Waals surface area contributed by atoms with Gasteiger partial charge in [0.2, 0.25) is 0 Å². The Hall–Kier alpha value is -1.72. The van der Waals surface area contributed by atoms with E-state index in [1.165, 1.54) is 30.3 Å². The van der Waals surface area contributed by atoms with Crippen molar-refractivity contribution in [3.63, 3.8) is 0 Å². The number of benzene rings is 2. The third-order valence-corrected chi connectivity index (χ3v) is 3.00. The van der Waals surface area contributed by atoms with Crippen LogP contribution in [0, 0.1) is 11.6 Å². The number of halogens is 3. The summed E-state index contributed by atoms with van der Waals surface area (Å²) in [4.78, 5) is -0.0343. The highest BCUT2D eigenvalue weighted by molar-refractivity contribution is 7.80. The van der Waals surface area contributed by atoms with Crippen molar-refractivity contribution in [2.24, 2.45) is 5.73 Å². The van der Waals surface area contributed by atoms with Crippen molar-refractivity contribution in [3.05, 3.63) is 58.6 Å². The Morgan fingerprint density at radius 2 is 1.89 bits per heavy atom. The van der Waals surface area contributed by atoms with Crippen molar-refractivity contribution in [2.45, 2.75) is 0 Å². The average Bonchev–Trinajstić information content (AvgIpc) is 2.33. The average molecular weight is 299 g/mol. The standard InChI is InChI=1S/C13H9ClF2N2S/c14-9-2-1-3-10(15)12(9)18-7-4-5-8(13(17)19)11(16)6-7/h1-6,18H,(H2,17,19). The molecule has 19 heavy (non-hydrogen) atoms. The predicted molar refractivity (Wildman–Crippen MR) is 77.0 cm³/mol. The lowest BCUT2D eigenvalue weighted by Gasteiger charge is -2.10. The zero-order valence-corrected chi connectivity index (χ0v) is 11.2. The van der Waals surface area contributed by atoms with Gasteiger partial charge in [0.05, 0.1) is 10.7 Å². The smallest absolute Gasteiger partial charge is 0.148 e. The third-order valence-electron chi connectivity index (χ3n) is 2.47. The number of hydrogen-bond donors (Lipinski definition) is 2. The molecule has 0 atom stereocenters. The first-order valence-electron chi connectivity index (χ1n) is 5.29. The molecule has 0 radical (unpaired) electrons. The Morgan fingerprint density at radius 1 is 1.16 bits per heavy atom. The van der Waals surface area contributed by atoms with Gasteiger partial charge in [0.15, 0.2) is 0 Å². The summed E-state index contributed by atoms with van der Waals surface area (Å²) in [5, 5.41) is 2.92. The van der Waals surface area contributed by atoms with E-state index in [9.17, 15) is 8.78 Å². The van der Waals surface area contributed by atoms with Gasteiger partial charge < -0.3 is 11.1 Å². The van der Waals surface area contributed by atoms with Crippen molar-refractivity contribution in [3.8, 4) is 0 Å². The van der Waals surface area contributed by atoms with Gasteiger partial charge in [-0.1, -0.05) is 29.9 Å². The van der Waals surface area contributed by atoms with Crippen molar-refractivity contribution in [1.29, 1.82) is 0 Å². The Kier molecular flexibility index (Phi) is 3.97. The van der Waals surface area contributed by atoms with E-state index in [-0.39, 0.29) is 21.3 Å². The van der Waals surface area contributed by atoms with E-state index in [1.54, 1.807) is 6.07 Å². The molecule has 0 bridgehead atoms. The van der Waals surface area contributed by atoms with Crippen LogP contribution in [0.15, 0.2) is 36.4 Å². The predicted octanol–water partition coefficient (Wildman–Crippen LogP) is 4.00. The van der Waals surface area contributed by atoms with Gasteiger partial charge in [-0.15, -0.1) is 0 Å². The fourth-order valence-electron chi connectivity index (χ4n) is 1.55. The summed E-state index contributed by atoms with van der Waals surface area (Å²) in [5.41, 5.74) is 5.94. The second-order valence-corrected chi connectivity index (χ2v) is 4.63. The molecule has 2 rings (SSSR count). The summed E-state index contributed by atoms with van der Waals surface area (Å²) in [6, 6.07) is 8.42. The maximum absolute atomic E-state index is 13.7. The molecule has 3 N–H and O–H groups in total. The Labute approximate surface area is 119 Å². The summed E-state index contributed by atoms with van der Waals surface area (Å²) in [7, 11) is 0. The van der Waals surface area contributed by atoms with E-state index in [0.29, 0.717) is 5.69 Å². The van der Waals surface area contributed by atoms with Crippen molar-refractivity contribution < 1.29 is 8.78 Å². The van der Waals surface area contributed by atoms with E-state index >= 15 is 0 Å². The summed E-state index contributed by atoms with van der Waals surface area (Å²) in [6.45, 7) is 0. The molecule has 0 saturated carbocycles. The number of anilines is 2. The van der Waals surface area contributed by atoms with Crippen molar-refractivity contribution in [1.82, 2.24) is 0 Å². The van der Waals surface area contributed by atoms with Crippen LogP contribution in [0.5, 0.6) is 0 Å². The Balaban J connectivity index is 2.34. The molecule has 0 aliphatic heterocycles. The van der Waals surface area contributed by atoms with E-state index in [4.69, 9.17) is 29.6 Å². The van der Waals surface area contributed by atoms with E-state index in [1.807, 2.05) is 0 Å². The highest BCUT2D eigenvalue weighted by Gasteiger charge is 2.10. The zero-order valence-electron chi connectivity index (χ0n) is 9.58. The second-order valence-electron chi connectivity index (χ2n) is 3.78. The number of thiocarbonyl (C=S) groups is 1. The molecular formula is C13H9ClF2N2S. The highest BCUT2D eigenvalue weighted by Crippen LogP contribution is 2.28. The first-order valence-corrected chi connectivity index (χ1v) is 6.08. The minimum atomic E-state index is -0.579. The number of hydrogen-bond acceptors (Lipinski definition) is 2. The van der Waals surface area contributed by atoms with Gasteiger partial charge in [0.1, 0.15) is 16.6 Å². The fourth-order valence-corrected chi connectivity index (χ4v) is 1.93. The van der Waals surface area contributed by atoms with Gasteiger partial charge in [-0.25, -0.2) is 8.78 Å². The van der Waals surface area contributed by atoms with Crippen LogP contribution in [0.1, 0.15) is 5.56 Å². The quantitative estimate of drug-likeness (QED) is 0.841. The Bertz CT molecular complexity index is 626. The van der Waals surface area contributed by atoms with Crippen LogP contribution >= 0.6 is 23.8 Å². The van der Waals surface area contributed by atoms with Gasteiger partial charge in [-0.3, -0.25) is 0 Å². The molecule has 2 aromatic carbocycles. The van der Waals surface area contributed by atoms with Crippen LogP contribution in [0.25, 0.3) is 0 Å². The second kappa shape index (κ2) is 5.50. The van der Waals surface area contributed by atoms with Crippen molar-refractivity contribution >= 4 is 40.2 Å².